The molecule has 5 nitrogen and oxygen atoms in total. The van der Waals surface area contributed by atoms with Gasteiger partial charge in [-0.1, -0.05) is 25.0 Å². The van der Waals surface area contributed by atoms with Crippen LogP contribution in [0.3, 0.4) is 0 Å². The van der Waals surface area contributed by atoms with Crippen LogP contribution in [0.4, 0.5) is 0 Å². The Hall–Kier alpha value is -1.88. The number of rotatable bonds is 7. The molecule has 3 rings (SSSR count). The lowest BCUT2D eigenvalue weighted by atomic mass is 9.82. The number of unbranched alkanes of at least 4 members (excludes halogenated alkanes) is 1. The quantitative estimate of drug-likeness (QED) is 0.798. The highest BCUT2D eigenvalue weighted by Gasteiger charge is 2.27. The van der Waals surface area contributed by atoms with E-state index < -0.39 is 0 Å². The van der Waals surface area contributed by atoms with Gasteiger partial charge in [-0.2, -0.15) is 0 Å². The van der Waals surface area contributed by atoms with Crippen LogP contribution in [0.5, 0.6) is 5.75 Å². The Kier molecular flexibility index (Phi) is 4.73. The van der Waals surface area contributed by atoms with Crippen LogP contribution in [0, 0.1) is 0 Å². The number of benzene rings is 1. The van der Waals surface area contributed by atoms with Crippen LogP contribution in [0.1, 0.15) is 56.3 Å². The van der Waals surface area contributed by atoms with Gasteiger partial charge in [0.25, 0.3) is 0 Å². The Morgan fingerprint density at radius 3 is 2.64 bits per heavy atom. The molecule has 2 N–H and O–H groups in total. The van der Waals surface area contributed by atoms with Gasteiger partial charge < -0.3 is 10.5 Å². The van der Waals surface area contributed by atoms with Crippen molar-refractivity contribution in [3.63, 3.8) is 0 Å². The second-order valence-electron chi connectivity index (χ2n) is 5.86. The average molecular weight is 300 g/mol. The Labute approximate surface area is 131 Å². The third-order valence-corrected chi connectivity index (χ3v) is 4.31. The summed E-state index contributed by atoms with van der Waals surface area (Å²) in [5, 5.41) is 8.56. The van der Waals surface area contributed by atoms with Crippen LogP contribution in [0.25, 0.3) is 5.69 Å². The first-order chi connectivity index (χ1) is 10.8. The Morgan fingerprint density at radius 1 is 1.27 bits per heavy atom. The van der Waals surface area contributed by atoms with Gasteiger partial charge in [-0.15, -0.1) is 5.10 Å². The van der Waals surface area contributed by atoms with Crippen LogP contribution in [-0.4, -0.2) is 21.6 Å². The molecular formula is C17H24N4O. The zero-order valence-corrected chi connectivity index (χ0v) is 13.2. The zero-order valence-electron chi connectivity index (χ0n) is 13.2. The highest BCUT2D eigenvalue weighted by molar-refractivity contribution is 5.39. The molecule has 118 valence electrons. The number of hydrogen-bond donors (Lipinski definition) is 1. The molecule has 0 unspecified atom stereocenters. The summed E-state index contributed by atoms with van der Waals surface area (Å²) in [6.07, 6.45) is 5.92. The Morgan fingerprint density at radius 2 is 2.05 bits per heavy atom. The molecule has 2 aromatic rings. The van der Waals surface area contributed by atoms with Crippen LogP contribution in [-0.2, 0) is 6.54 Å². The molecular weight excluding hydrogens is 276 g/mol. The molecule has 1 heterocycles. The van der Waals surface area contributed by atoms with E-state index in [4.69, 9.17) is 10.5 Å². The van der Waals surface area contributed by atoms with E-state index in [-0.39, 0.29) is 0 Å². The molecule has 1 fully saturated rings. The largest absolute Gasteiger partial charge is 0.494 e. The topological polar surface area (TPSA) is 66.0 Å². The van der Waals surface area contributed by atoms with Crippen molar-refractivity contribution >= 4 is 0 Å². The van der Waals surface area contributed by atoms with Crippen LogP contribution in [0.2, 0.25) is 0 Å². The van der Waals surface area contributed by atoms with E-state index in [0.29, 0.717) is 12.5 Å². The van der Waals surface area contributed by atoms with E-state index in [1.807, 2.05) is 28.9 Å². The summed E-state index contributed by atoms with van der Waals surface area (Å²) < 4.78 is 7.65. The predicted molar refractivity (Wildman–Crippen MR) is 86.2 cm³/mol. The Bertz CT molecular complexity index is 602. The summed E-state index contributed by atoms with van der Waals surface area (Å²) in [5.74, 6) is 1.45. The fraction of sp³-hybridized carbons (Fsp3) is 0.529. The minimum atomic E-state index is 0.448. The molecule has 0 aliphatic heterocycles. The fourth-order valence-electron chi connectivity index (χ4n) is 2.76. The highest BCUT2D eigenvalue weighted by Crippen LogP contribution is 2.38. The molecule has 1 aliphatic rings. The molecule has 0 amide bonds. The van der Waals surface area contributed by atoms with Gasteiger partial charge in [0.1, 0.15) is 11.4 Å². The van der Waals surface area contributed by atoms with Crippen molar-refractivity contribution in [1.29, 1.82) is 0 Å². The van der Waals surface area contributed by atoms with Gasteiger partial charge in [-0.3, -0.25) is 0 Å². The number of ether oxygens (including phenoxy) is 1. The van der Waals surface area contributed by atoms with Crippen LogP contribution >= 0.6 is 0 Å². The minimum Gasteiger partial charge on any atom is -0.494 e. The average Bonchev–Trinajstić information content (AvgIpc) is 2.90. The van der Waals surface area contributed by atoms with Crippen molar-refractivity contribution in [2.24, 2.45) is 5.73 Å². The normalized spacial score (nSPS) is 14.8. The second kappa shape index (κ2) is 6.92. The number of aromatic nitrogens is 3. The summed E-state index contributed by atoms with van der Waals surface area (Å²) in [5.41, 5.74) is 8.95. The number of nitrogens with two attached hydrogens (primary N) is 1. The van der Waals surface area contributed by atoms with E-state index >= 15 is 0 Å². The molecule has 0 bridgehead atoms. The van der Waals surface area contributed by atoms with Crippen LogP contribution in [0.15, 0.2) is 24.3 Å². The van der Waals surface area contributed by atoms with Crippen LogP contribution < -0.4 is 10.5 Å². The van der Waals surface area contributed by atoms with Crippen molar-refractivity contribution in [3.8, 4) is 11.4 Å². The van der Waals surface area contributed by atoms with Gasteiger partial charge >= 0.3 is 0 Å². The first-order valence-electron chi connectivity index (χ1n) is 8.21. The highest BCUT2D eigenvalue weighted by atomic mass is 16.5. The van der Waals surface area contributed by atoms with E-state index in [9.17, 15) is 0 Å². The van der Waals surface area contributed by atoms with E-state index in [0.717, 1.165) is 36.6 Å². The number of hydrogen-bond acceptors (Lipinski definition) is 4. The number of nitrogens with zero attached hydrogens (tertiary/aromatic N) is 3. The zero-order chi connectivity index (χ0) is 15.4. The predicted octanol–water partition coefficient (Wildman–Crippen LogP) is 3.17. The molecule has 22 heavy (non-hydrogen) atoms. The molecule has 0 atom stereocenters. The monoisotopic (exact) mass is 300 g/mol. The van der Waals surface area contributed by atoms with Gasteiger partial charge in [-0.05, 0) is 43.5 Å². The molecule has 1 aromatic heterocycles. The molecule has 0 saturated heterocycles. The van der Waals surface area contributed by atoms with E-state index in [2.05, 4.69) is 17.2 Å². The third kappa shape index (κ3) is 2.99. The maximum absolute atomic E-state index is 5.81. The lowest BCUT2D eigenvalue weighted by Gasteiger charge is -2.26. The lowest BCUT2D eigenvalue weighted by Crippen LogP contribution is -2.17. The molecule has 0 radical (unpaired) electrons. The molecule has 1 aromatic carbocycles. The van der Waals surface area contributed by atoms with Crippen molar-refractivity contribution in [2.45, 2.75) is 51.5 Å². The lowest BCUT2D eigenvalue weighted by molar-refractivity contribution is 0.309. The van der Waals surface area contributed by atoms with Gasteiger partial charge in [0.2, 0.25) is 0 Å². The summed E-state index contributed by atoms with van der Waals surface area (Å²) in [6.45, 7) is 3.38. The third-order valence-electron chi connectivity index (χ3n) is 4.31. The van der Waals surface area contributed by atoms with Crippen molar-refractivity contribution in [3.05, 3.63) is 35.7 Å². The second-order valence-corrected chi connectivity index (χ2v) is 5.86. The first kappa shape index (κ1) is 15.0. The summed E-state index contributed by atoms with van der Waals surface area (Å²) in [7, 11) is 0. The van der Waals surface area contributed by atoms with Gasteiger partial charge in [0.15, 0.2) is 0 Å². The van der Waals surface area contributed by atoms with Gasteiger partial charge in [0.05, 0.1) is 18.0 Å². The van der Waals surface area contributed by atoms with Gasteiger partial charge in [0, 0.05) is 12.5 Å². The molecule has 0 spiro atoms. The van der Waals surface area contributed by atoms with Gasteiger partial charge in [-0.25, -0.2) is 4.68 Å². The molecule has 1 saturated carbocycles. The SMILES string of the molecule is CCCCOc1ccc(-n2nnc(CN)c2C2CCC2)cc1. The maximum Gasteiger partial charge on any atom is 0.119 e. The fourth-order valence-corrected chi connectivity index (χ4v) is 2.76. The summed E-state index contributed by atoms with van der Waals surface area (Å²) in [4.78, 5) is 0. The first-order valence-corrected chi connectivity index (χ1v) is 8.21. The van der Waals surface area contributed by atoms with E-state index in [1.165, 1.54) is 25.0 Å². The van der Waals surface area contributed by atoms with Crippen molar-refractivity contribution in [1.82, 2.24) is 15.0 Å². The van der Waals surface area contributed by atoms with Crippen molar-refractivity contribution < 1.29 is 4.74 Å². The van der Waals surface area contributed by atoms with E-state index in [1.54, 1.807) is 0 Å². The maximum atomic E-state index is 5.81. The molecule has 1 aliphatic carbocycles. The summed E-state index contributed by atoms with van der Waals surface area (Å²) >= 11 is 0. The molecule has 5 heteroatoms. The standard InChI is InChI=1S/C17H24N4O/c1-2-3-11-22-15-9-7-14(8-10-15)21-17(13-5-4-6-13)16(12-18)19-20-21/h7-10,13H,2-6,11-12,18H2,1H3. The minimum absolute atomic E-state index is 0.448. The Balaban J connectivity index is 1.80. The smallest absolute Gasteiger partial charge is 0.119 e. The summed E-state index contributed by atoms with van der Waals surface area (Å²) in [6, 6.07) is 8.08. The van der Waals surface area contributed by atoms with Crippen molar-refractivity contribution in [2.75, 3.05) is 6.61 Å².